The molecule has 2 aliphatic heterocycles. The quantitative estimate of drug-likeness (QED) is 0.697. The van der Waals surface area contributed by atoms with Crippen LogP contribution in [0.1, 0.15) is 16.1 Å². The molecule has 0 radical (unpaired) electrons. The van der Waals surface area contributed by atoms with Crippen molar-refractivity contribution in [1.82, 2.24) is 14.9 Å². The first-order valence-corrected chi connectivity index (χ1v) is 9.30. The Balaban J connectivity index is 1.62. The monoisotopic (exact) mass is 450 g/mol. The average Bonchev–Trinajstić information content (AvgIpc) is 3.18. The number of anilines is 1. The summed E-state index contributed by atoms with van der Waals surface area (Å²) in [6.45, 7) is -3.10. The molecule has 1 fully saturated rings. The molecule has 10 nitrogen and oxygen atoms in total. The number of benzene rings is 1. The summed E-state index contributed by atoms with van der Waals surface area (Å²) in [6.07, 6.45) is 1.83. The molecule has 13 heteroatoms. The normalized spacial score (nSPS) is 22.5. The maximum absolute atomic E-state index is 14.8. The van der Waals surface area contributed by atoms with Crippen LogP contribution < -0.4 is 15.8 Å². The van der Waals surface area contributed by atoms with Gasteiger partial charge >= 0.3 is 6.61 Å². The number of rotatable bonds is 5. The molecule has 3 heterocycles. The van der Waals surface area contributed by atoms with Crippen molar-refractivity contribution in [2.45, 2.75) is 12.2 Å². The molecule has 2 atom stereocenters. The fourth-order valence-electron chi connectivity index (χ4n) is 3.62. The number of aliphatic imine (C=N–C) groups is 1. The number of aromatic nitrogens is 2. The number of amides is 2. The van der Waals surface area contributed by atoms with Crippen LogP contribution in [0.4, 0.5) is 18.9 Å². The summed E-state index contributed by atoms with van der Waals surface area (Å²) in [6, 6.07) is 3.77. The summed E-state index contributed by atoms with van der Waals surface area (Å²) in [5.74, 6) is -3.04. The Morgan fingerprint density at radius 1 is 1.38 bits per heavy atom. The van der Waals surface area contributed by atoms with E-state index in [1.54, 1.807) is 0 Å². The third kappa shape index (κ3) is 3.70. The van der Waals surface area contributed by atoms with E-state index in [0.29, 0.717) is 0 Å². The fraction of sp³-hybridized carbons (Fsp3) is 0.316. The first-order chi connectivity index (χ1) is 15.2. The van der Waals surface area contributed by atoms with Gasteiger partial charge in [0.1, 0.15) is 17.1 Å². The van der Waals surface area contributed by atoms with Gasteiger partial charge in [0.2, 0.25) is 11.8 Å². The highest BCUT2D eigenvalue weighted by Crippen LogP contribution is 2.44. The summed E-state index contributed by atoms with van der Waals surface area (Å²) < 4.78 is 48.8. The number of alkyl halides is 2. The van der Waals surface area contributed by atoms with Gasteiger partial charge in [-0.15, -0.1) is 0 Å². The SMILES string of the molecule is CN1C(=O)C2COCC2(c2cc(NC(=O)c3cnc(OC(F)F)cn3)ccc2F)N=C1N. The van der Waals surface area contributed by atoms with Crippen molar-refractivity contribution in [1.29, 1.82) is 0 Å². The van der Waals surface area contributed by atoms with Gasteiger partial charge in [0.25, 0.3) is 5.91 Å². The number of ether oxygens (including phenoxy) is 2. The van der Waals surface area contributed by atoms with Crippen molar-refractivity contribution in [2.75, 3.05) is 25.6 Å². The third-order valence-corrected chi connectivity index (χ3v) is 5.23. The van der Waals surface area contributed by atoms with Gasteiger partial charge in [0.15, 0.2) is 5.96 Å². The van der Waals surface area contributed by atoms with E-state index in [0.717, 1.165) is 18.5 Å². The first kappa shape index (κ1) is 21.5. The molecular formula is C19H17F3N6O4. The molecule has 0 saturated carbocycles. The predicted molar refractivity (Wildman–Crippen MR) is 103 cm³/mol. The van der Waals surface area contributed by atoms with Gasteiger partial charge < -0.3 is 20.5 Å². The van der Waals surface area contributed by atoms with Gasteiger partial charge in [-0.3, -0.25) is 14.5 Å². The summed E-state index contributed by atoms with van der Waals surface area (Å²) in [7, 11) is 1.47. The van der Waals surface area contributed by atoms with Gasteiger partial charge in [-0.05, 0) is 18.2 Å². The summed E-state index contributed by atoms with van der Waals surface area (Å²) in [4.78, 5) is 38.0. The lowest BCUT2D eigenvalue weighted by Gasteiger charge is -2.37. The van der Waals surface area contributed by atoms with E-state index in [4.69, 9.17) is 10.5 Å². The van der Waals surface area contributed by atoms with Gasteiger partial charge in [0.05, 0.1) is 31.5 Å². The molecule has 2 aromatic rings. The van der Waals surface area contributed by atoms with Gasteiger partial charge in [0, 0.05) is 18.3 Å². The number of carbonyl (C=O) groups is 2. The van der Waals surface area contributed by atoms with Crippen LogP contribution in [0.5, 0.6) is 5.88 Å². The molecule has 1 aromatic carbocycles. The molecular weight excluding hydrogens is 433 g/mol. The Morgan fingerprint density at radius 3 is 2.84 bits per heavy atom. The van der Waals surface area contributed by atoms with E-state index in [1.165, 1.54) is 24.1 Å². The molecule has 2 amide bonds. The Hall–Kier alpha value is -3.74. The lowest BCUT2D eigenvalue weighted by atomic mass is 9.78. The van der Waals surface area contributed by atoms with Crippen molar-refractivity contribution in [3.05, 3.63) is 47.7 Å². The minimum absolute atomic E-state index is 0.0361. The molecule has 2 aliphatic rings. The van der Waals surface area contributed by atoms with Gasteiger partial charge in [-0.1, -0.05) is 0 Å². The van der Waals surface area contributed by atoms with E-state index >= 15 is 0 Å². The third-order valence-electron chi connectivity index (χ3n) is 5.23. The molecule has 1 saturated heterocycles. The fourth-order valence-corrected chi connectivity index (χ4v) is 3.62. The highest BCUT2D eigenvalue weighted by Gasteiger charge is 2.54. The number of fused-ring (bicyclic) bond motifs is 1. The van der Waals surface area contributed by atoms with Crippen LogP contribution in [-0.4, -0.2) is 59.5 Å². The Morgan fingerprint density at radius 2 is 2.16 bits per heavy atom. The van der Waals surface area contributed by atoms with Crippen molar-refractivity contribution in [3.8, 4) is 5.88 Å². The van der Waals surface area contributed by atoms with Crippen LogP contribution in [-0.2, 0) is 15.1 Å². The number of halogens is 3. The first-order valence-electron chi connectivity index (χ1n) is 9.30. The highest BCUT2D eigenvalue weighted by molar-refractivity contribution is 6.03. The maximum atomic E-state index is 14.8. The van der Waals surface area contributed by atoms with E-state index in [1.807, 2.05) is 0 Å². The average molecular weight is 450 g/mol. The second-order valence-electron chi connectivity index (χ2n) is 7.13. The van der Waals surface area contributed by atoms with Gasteiger partial charge in [-0.25, -0.2) is 19.4 Å². The van der Waals surface area contributed by atoms with E-state index in [9.17, 15) is 22.8 Å². The number of nitrogens with one attached hydrogen (secondary N) is 1. The topological polar surface area (TPSA) is 132 Å². The van der Waals surface area contributed by atoms with E-state index < -0.39 is 35.7 Å². The molecule has 0 spiro atoms. The number of carbonyl (C=O) groups excluding carboxylic acids is 2. The minimum Gasteiger partial charge on any atom is -0.415 e. The molecule has 0 aliphatic carbocycles. The maximum Gasteiger partial charge on any atom is 0.388 e. The lowest BCUT2D eigenvalue weighted by molar-refractivity contribution is -0.133. The van der Waals surface area contributed by atoms with Crippen LogP contribution in [0.2, 0.25) is 0 Å². The van der Waals surface area contributed by atoms with Crippen LogP contribution >= 0.6 is 0 Å². The number of nitrogens with zero attached hydrogens (tertiary/aromatic N) is 4. The second kappa shape index (κ2) is 8.07. The van der Waals surface area contributed by atoms with Crippen LogP contribution in [0, 0.1) is 11.7 Å². The van der Waals surface area contributed by atoms with E-state index in [2.05, 4.69) is 25.0 Å². The number of hydrogen-bond donors (Lipinski definition) is 2. The smallest absolute Gasteiger partial charge is 0.388 e. The zero-order chi connectivity index (χ0) is 23.0. The molecule has 1 aromatic heterocycles. The molecule has 0 bridgehead atoms. The zero-order valence-corrected chi connectivity index (χ0v) is 16.6. The second-order valence-corrected chi connectivity index (χ2v) is 7.13. The number of guanidine groups is 1. The van der Waals surface area contributed by atoms with Crippen LogP contribution in [0.3, 0.4) is 0 Å². The zero-order valence-electron chi connectivity index (χ0n) is 16.6. The molecule has 2 unspecified atom stereocenters. The largest absolute Gasteiger partial charge is 0.415 e. The van der Waals surface area contributed by atoms with Crippen LogP contribution in [0.25, 0.3) is 0 Å². The Bertz CT molecular complexity index is 1100. The van der Waals surface area contributed by atoms with Gasteiger partial charge in [-0.2, -0.15) is 8.78 Å². The standard InChI is InChI=1S/C19H17F3N6O4/c1-28-16(30)11-7-31-8-19(11,27-18(28)23)10-4-9(2-3-12(10)20)26-15(29)13-5-25-14(6-24-13)32-17(21)22/h2-6,11,17H,7-8H2,1H3,(H2,23,27)(H,26,29). The molecule has 168 valence electrons. The Labute approximate surface area is 179 Å². The van der Waals surface area contributed by atoms with Crippen LogP contribution in [0.15, 0.2) is 35.6 Å². The van der Waals surface area contributed by atoms with Crippen molar-refractivity contribution >= 4 is 23.5 Å². The highest BCUT2D eigenvalue weighted by atomic mass is 19.3. The predicted octanol–water partition coefficient (Wildman–Crippen LogP) is 1.10. The molecule has 4 rings (SSSR count). The minimum atomic E-state index is -3.08. The van der Waals surface area contributed by atoms with E-state index in [-0.39, 0.29) is 42.0 Å². The van der Waals surface area contributed by atoms with Crippen molar-refractivity contribution < 1.29 is 32.2 Å². The lowest BCUT2D eigenvalue weighted by Crippen LogP contribution is -2.54. The summed E-state index contributed by atoms with van der Waals surface area (Å²) in [5.41, 5.74) is 4.53. The molecule has 32 heavy (non-hydrogen) atoms. The number of nitrogens with two attached hydrogens (primary N) is 1. The van der Waals surface area contributed by atoms with Crippen molar-refractivity contribution in [2.24, 2.45) is 16.6 Å². The summed E-state index contributed by atoms with van der Waals surface area (Å²) in [5, 5.41) is 2.52. The van der Waals surface area contributed by atoms with Crippen molar-refractivity contribution in [3.63, 3.8) is 0 Å². The number of hydrogen-bond acceptors (Lipinski definition) is 8. The summed E-state index contributed by atoms with van der Waals surface area (Å²) >= 11 is 0. The molecule has 3 N–H and O–H groups in total. The Kier molecular flexibility index (Phi) is 5.42.